The summed E-state index contributed by atoms with van der Waals surface area (Å²) in [5, 5.41) is 9.54. The maximum atomic E-state index is 13.8. The largest absolute Gasteiger partial charge is 0.363 e. The van der Waals surface area contributed by atoms with Crippen LogP contribution in [-0.4, -0.2) is 76.4 Å². The minimum absolute atomic E-state index is 0.117. The average molecular weight is 1250 g/mol. The normalized spacial score (nSPS) is 13.1. The fraction of sp³-hybridized carbons (Fsp3) is 0.113. The van der Waals surface area contributed by atoms with Gasteiger partial charge in [-0.05, 0) is 129 Å². The topological polar surface area (TPSA) is 292 Å². The van der Waals surface area contributed by atoms with Gasteiger partial charge < -0.3 is 26.3 Å². The fourth-order valence-electron chi connectivity index (χ4n) is 10.8. The van der Waals surface area contributed by atoms with Crippen LogP contribution in [0, 0.1) is 17.5 Å². The minimum atomic E-state index is -0.352. The van der Waals surface area contributed by atoms with Crippen LogP contribution in [0.3, 0.4) is 0 Å². The average Bonchev–Trinajstić information content (AvgIpc) is 0.897. The molecule has 3 atom stereocenters. The van der Waals surface area contributed by atoms with Crippen molar-refractivity contribution >= 4 is 66.9 Å². The van der Waals surface area contributed by atoms with E-state index in [1.54, 1.807) is 61.2 Å². The lowest BCUT2D eigenvalue weighted by Crippen LogP contribution is -2.22. The van der Waals surface area contributed by atoms with Gasteiger partial charge in [-0.25, -0.2) is 53.0 Å². The Hall–Kier alpha value is -12.2. The summed E-state index contributed by atoms with van der Waals surface area (Å²) in [6.07, 6.45) is 18.4. The monoisotopic (exact) mass is 1250 g/mol. The number of aromatic amines is 2. The first-order valence-electron chi connectivity index (χ1n) is 29.6. The van der Waals surface area contributed by atoms with Crippen molar-refractivity contribution in [2.75, 3.05) is 10.6 Å². The highest BCUT2D eigenvalue weighted by molar-refractivity contribution is 6.10. The number of nitrogens with two attached hydrogens (primary N) is 1. The highest BCUT2D eigenvalue weighted by atomic mass is 19.1. The minimum Gasteiger partial charge on any atom is -0.363 e. The van der Waals surface area contributed by atoms with Gasteiger partial charge in [0.2, 0.25) is 0 Å². The zero-order valence-electron chi connectivity index (χ0n) is 50.5. The van der Waals surface area contributed by atoms with Gasteiger partial charge in [-0.15, -0.1) is 0 Å². The zero-order valence-corrected chi connectivity index (χ0v) is 50.5. The zero-order chi connectivity index (χ0) is 65.4. The summed E-state index contributed by atoms with van der Waals surface area (Å²) < 4.78 is 40.9. The molecule has 2 aliphatic carbocycles. The van der Waals surface area contributed by atoms with E-state index < -0.39 is 0 Å². The van der Waals surface area contributed by atoms with Gasteiger partial charge in [0.25, 0.3) is 5.56 Å². The van der Waals surface area contributed by atoms with Gasteiger partial charge in [0.1, 0.15) is 58.3 Å². The summed E-state index contributed by atoms with van der Waals surface area (Å²) in [5.41, 5.74) is 16.3. The summed E-state index contributed by atoms with van der Waals surface area (Å²) in [6.45, 7) is 5.82. The molecule has 3 aromatic carbocycles. The highest BCUT2D eigenvalue weighted by Gasteiger charge is 2.25. The van der Waals surface area contributed by atoms with Gasteiger partial charge in [-0.1, -0.05) is 30.4 Å². The highest BCUT2D eigenvalue weighted by Crippen LogP contribution is 2.35. The summed E-state index contributed by atoms with van der Waals surface area (Å²) in [6, 6.07) is 37.0. The lowest BCUT2D eigenvalue weighted by atomic mass is 9.99. The first-order valence-corrected chi connectivity index (χ1v) is 29.6. The number of hydrogen-bond donors (Lipinski definition) is 5. The summed E-state index contributed by atoms with van der Waals surface area (Å²) >= 11 is 0. The number of anilines is 2. The molecule has 23 heteroatoms. The summed E-state index contributed by atoms with van der Waals surface area (Å²) in [5.74, 6) is -0.462. The molecule has 94 heavy (non-hydrogen) atoms. The molecule has 0 unspecified atom stereocenters. The Morgan fingerprint density at radius 1 is 0.479 bits per heavy atom. The number of allylic oxidation sites excluding steroid dienone is 4. The molecule has 0 amide bonds. The van der Waals surface area contributed by atoms with E-state index in [-0.39, 0.29) is 63.7 Å². The molecule has 0 radical (unpaired) electrons. The van der Waals surface area contributed by atoms with Gasteiger partial charge in [0.05, 0.1) is 86.1 Å². The van der Waals surface area contributed by atoms with Gasteiger partial charge in [-0.2, -0.15) is 0 Å². The molecule has 0 bridgehead atoms. The number of carbonyl (C=O) groups excluding carboxylic acids is 2. The predicted octanol–water partition coefficient (Wildman–Crippen LogP) is 12.5. The van der Waals surface area contributed by atoms with Crippen molar-refractivity contribution in [1.82, 2.24) is 64.8 Å². The number of carbonyl (C=O) groups is 2. The Bertz CT molecular complexity index is 5210. The molecule has 0 saturated heterocycles. The van der Waals surface area contributed by atoms with E-state index in [9.17, 15) is 32.3 Å². The molecule has 0 spiro atoms. The van der Waals surface area contributed by atoms with Crippen molar-refractivity contribution < 1.29 is 22.8 Å². The second kappa shape index (κ2) is 27.5. The third-order valence-electron chi connectivity index (χ3n) is 15.3. The van der Waals surface area contributed by atoms with E-state index in [0.29, 0.717) is 97.5 Å². The van der Waals surface area contributed by atoms with Crippen molar-refractivity contribution in [3.8, 4) is 34.2 Å². The lowest BCUT2D eigenvalue weighted by Gasteiger charge is -2.21. The van der Waals surface area contributed by atoms with Crippen LogP contribution in [0.4, 0.5) is 24.8 Å². The van der Waals surface area contributed by atoms with E-state index in [0.717, 1.165) is 38.5 Å². The van der Waals surface area contributed by atoms with Crippen molar-refractivity contribution in [3.05, 3.63) is 279 Å². The fourth-order valence-corrected chi connectivity index (χ4v) is 10.8. The SMILES string of the molecule is C[C@H](N)c1cc2ccc(F)cc2nc1-c1ccccn1.C[C@H](Nc1ncnc2[nH]ccc(=O)c12)c1cc2ccc(F)cc2nc1-c1ccccn1.C[C@H](Nc1ncnc2c1C(=O)C=CC2)c1cc2ccc(F)cc2nc1-c1ccccn1.O=C1C=CCc2nc[nH]c(=O)c21. The Kier molecular flexibility index (Phi) is 18.1. The van der Waals surface area contributed by atoms with Gasteiger partial charge >= 0.3 is 0 Å². The van der Waals surface area contributed by atoms with Gasteiger partial charge in [0, 0.05) is 95.2 Å². The maximum Gasteiger partial charge on any atom is 0.262 e. The molecular formula is C71H55F3N16O4. The molecule has 0 fully saturated rings. The Morgan fingerprint density at radius 2 is 0.936 bits per heavy atom. The van der Waals surface area contributed by atoms with E-state index in [4.69, 9.17) is 15.7 Å². The number of nitrogens with one attached hydrogen (secondary N) is 4. The number of hydrogen-bond acceptors (Lipinski definition) is 18. The van der Waals surface area contributed by atoms with Crippen LogP contribution in [0.2, 0.25) is 0 Å². The van der Waals surface area contributed by atoms with Crippen LogP contribution in [0.1, 0.15) is 87.7 Å². The number of rotatable bonds is 10. The molecular weight excluding hydrogens is 1200 g/mol. The van der Waals surface area contributed by atoms with Crippen LogP contribution in [0.5, 0.6) is 0 Å². The van der Waals surface area contributed by atoms with Crippen molar-refractivity contribution in [3.63, 3.8) is 0 Å². The standard InChI is InChI=1S/C24H18FN5O.C23H17FN6O.C16H14FN3.C8H6N2O2/c1-14(29-24-22-18(27-13-28-24)6-4-7-21(22)31)17-11-15-8-9-16(25)12-20(15)30-23(17)19-5-2-3-10-26-19;1-13(29-23-20-19(31)7-9-26-22(20)27-12-28-23)16-10-14-5-6-15(24)11-18(14)30-21(16)17-4-2-3-8-25-17;1-10(18)13-8-11-5-6-12(17)9-15(11)20-16(13)14-4-2-3-7-19-14;11-6-3-1-2-5-7(6)8(12)10-4-9-5/h2-5,7-14H,6H2,1H3,(H,27,28,29);2-13H,1H3,(H2,26,27,28,29,31);2-10H,18H2,1H3;1,3-4H,2H2,(H,9,10,12)/t14-;13-;10-;/m000./s1. The number of pyridine rings is 7. The number of nitrogens with zero attached hydrogens (tertiary/aromatic N) is 11. The molecule has 2 aliphatic rings. The van der Waals surface area contributed by atoms with E-state index in [1.165, 1.54) is 67.5 Å². The number of aromatic nitrogens is 13. The molecule has 0 aliphatic heterocycles. The van der Waals surface area contributed by atoms with Crippen molar-refractivity contribution in [2.24, 2.45) is 5.73 Å². The molecule has 15 rings (SSSR count). The number of ketones is 2. The molecule has 0 saturated carbocycles. The summed E-state index contributed by atoms with van der Waals surface area (Å²) in [4.78, 5) is 101. The van der Waals surface area contributed by atoms with Crippen LogP contribution in [0.15, 0.2) is 211 Å². The molecule has 464 valence electrons. The van der Waals surface area contributed by atoms with Crippen molar-refractivity contribution in [1.29, 1.82) is 0 Å². The Labute approximate surface area is 533 Å². The Balaban J connectivity index is 0.000000127. The third-order valence-corrected chi connectivity index (χ3v) is 15.3. The molecule has 13 aromatic rings. The Morgan fingerprint density at radius 3 is 1.43 bits per heavy atom. The summed E-state index contributed by atoms with van der Waals surface area (Å²) in [7, 11) is 0. The first kappa shape index (κ1) is 62.0. The van der Waals surface area contributed by atoms with Crippen LogP contribution in [-0.2, 0) is 12.8 Å². The maximum absolute atomic E-state index is 13.8. The van der Waals surface area contributed by atoms with Gasteiger partial charge in [0.15, 0.2) is 17.0 Å². The van der Waals surface area contributed by atoms with E-state index in [2.05, 4.69) is 65.5 Å². The van der Waals surface area contributed by atoms with Crippen LogP contribution < -0.4 is 27.4 Å². The van der Waals surface area contributed by atoms with Crippen LogP contribution >= 0.6 is 0 Å². The van der Waals surface area contributed by atoms with E-state index >= 15 is 0 Å². The number of fused-ring (bicyclic) bond motifs is 6. The number of halogens is 3. The second-order valence-electron chi connectivity index (χ2n) is 21.8. The molecule has 10 aromatic heterocycles. The van der Waals surface area contributed by atoms with Crippen molar-refractivity contribution in [2.45, 2.75) is 51.7 Å². The smallest absolute Gasteiger partial charge is 0.262 e. The molecule has 10 heterocycles. The third kappa shape index (κ3) is 13.6. The number of H-pyrrole nitrogens is 2. The quantitative estimate of drug-likeness (QED) is 0.0850. The molecule has 20 nitrogen and oxygen atoms in total. The van der Waals surface area contributed by atoms with Crippen LogP contribution in [0.25, 0.3) is 77.9 Å². The van der Waals surface area contributed by atoms with E-state index in [1.807, 2.05) is 93.6 Å². The second-order valence-corrected chi connectivity index (χ2v) is 21.8. The van der Waals surface area contributed by atoms with Gasteiger partial charge in [-0.3, -0.25) is 34.1 Å². The molecule has 6 N–H and O–H groups in total. The predicted molar refractivity (Wildman–Crippen MR) is 353 cm³/mol. The number of benzene rings is 3. The lowest BCUT2D eigenvalue weighted by molar-refractivity contribution is 0.103. The first-order chi connectivity index (χ1) is 45.6.